The fraction of sp³-hybridized carbons (Fsp3) is 0.750. The molecule has 4 unspecified atom stereocenters. The van der Waals surface area contributed by atoms with Gasteiger partial charge in [0, 0.05) is 5.54 Å². The van der Waals surface area contributed by atoms with Gasteiger partial charge >= 0.3 is 6.00 Å². The molecule has 0 N–H and O–H groups in total. The van der Waals surface area contributed by atoms with E-state index in [1.165, 1.54) is 0 Å². The maximum atomic E-state index is 6.03. The third-order valence-electron chi connectivity index (χ3n) is 3.27. The number of halogens is 3. The van der Waals surface area contributed by atoms with Crippen molar-refractivity contribution >= 4 is 39.2 Å². The molecule has 0 spiro atoms. The van der Waals surface area contributed by atoms with Gasteiger partial charge in [-0.3, -0.25) is 0 Å². The Morgan fingerprint density at radius 3 is 2.17 bits per heavy atom. The largest absolute Gasteiger partial charge is 0.344 e. The molecule has 0 radical (unpaired) electrons. The van der Waals surface area contributed by atoms with Crippen molar-refractivity contribution in [1.82, 2.24) is 0 Å². The van der Waals surface area contributed by atoms with Crippen LogP contribution >= 0.6 is 33.2 Å². The second-order valence-electron chi connectivity index (χ2n) is 3.87. The fourth-order valence-corrected chi connectivity index (χ4v) is 6.00. The van der Waals surface area contributed by atoms with Gasteiger partial charge in [-0.05, 0) is 24.2 Å². The van der Waals surface area contributed by atoms with E-state index in [2.05, 4.69) is 19.1 Å². The van der Waals surface area contributed by atoms with Crippen LogP contribution < -0.4 is 0 Å². The highest BCUT2D eigenvalue weighted by molar-refractivity contribution is 7.65. The molecule has 0 aromatic heterocycles. The molecule has 0 nitrogen and oxygen atoms in total. The summed E-state index contributed by atoms with van der Waals surface area (Å²) in [6.07, 6.45) is 5.64. The lowest BCUT2D eigenvalue weighted by atomic mass is 10.00. The molecule has 1 fully saturated rings. The Labute approximate surface area is 88.0 Å². The molecule has 1 saturated carbocycles. The average molecular weight is 242 g/mol. The van der Waals surface area contributed by atoms with E-state index >= 15 is 0 Å². The molecule has 0 amide bonds. The van der Waals surface area contributed by atoms with Crippen molar-refractivity contribution in [2.24, 2.45) is 17.8 Å². The Bertz CT molecular complexity index is 221. The second kappa shape index (κ2) is 2.91. The number of fused-ring (bicyclic) bond motifs is 2. The minimum absolute atomic E-state index is 0.368. The SMILES string of the molecule is CC1C2C=CC1C([Si](Cl)(Cl)Cl)C2. The zero-order valence-electron chi connectivity index (χ0n) is 6.81. The van der Waals surface area contributed by atoms with Gasteiger partial charge in [0.1, 0.15) is 0 Å². The molecular formula is C8H11Cl3Si. The lowest BCUT2D eigenvalue weighted by Crippen LogP contribution is -2.23. The van der Waals surface area contributed by atoms with Crippen LogP contribution in [0.5, 0.6) is 0 Å². The summed E-state index contributed by atoms with van der Waals surface area (Å²) in [5.74, 6) is 1.94. The van der Waals surface area contributed by atoms with Crippen LogP contribution in [0.25, 0.3) is 0 Å². The average Bonchev–Trinajstić information content (AvgIpc) is 2.45. The highest BCUT2D eigenvalue weighted by Crippen LogP contribution is 2.57. The van der Waals surface area contributed by atoms with E-state index in [0.29, 0.717) is 23.3 Å². The number of rotatable bonds is 1. The fourth-order valence-electron chi connectivity index (χ4n) is 2.50. The Hall–Kier alpha value is 0.827. The molecule has 0 saturated heterocycles. The van der Waals surface area contributed by atoms with Gasteiger partial charge < -0.3 is 0 Å². The minimum atomic E-state index is -2.45. The van der Waals surface area contributed by atoms with Crippen molar-refractivity contribution in [3.05, 3.63) is 12.2 Å². The summed E-state index contributed by atoms with van der Waals surface area (Å²) in [6, 6.07) is -2.45. The molecule has 4 atom stereocenters. The predicted octanol–water partition coefficient (Wildman–Crippen LogP) is 3.85. The summed E-state index contributed by atoms with van der Waals surface area (Å²) in [7, 11) is 0. The first-order valence-electron chi connectivity index (χ1n) is 4.25. The molecule has 0 heterocycles. The molecule has 0 aliphatic heterocycles. The zero-order valence-corrected chi connectivity index (χ0v) is 10.1. The summed E-state index contributed by atoms with van der Waals surface area (Å²) in [6.45, 7) is 2.26. The monoisotopic (exact) mass is 240 g/mol. The number of hydrogen-bond donors (Lipinski definition) is 0. The Kier molecular flexibility index (Phi) is 2.28. The Balaban J connectivity index is 2.20. The van der Waals surface area contributed by atoms with E-state index in [9.17, 15) is 0 Å². The Morgan fingerprint density at radius 2 is 1.92 bits per heavy atom. The van der Waals surface area contributed by atoms with Gasteiger partial charge in [-0.15, -0.1) is 33.2 Å². The molecule has 2 aliphatic carbocycles. The van der Waals surface area contributed by atoms with Crippen LogP contribution in [0, 0.1) is 17.8 Å². The summed E-state index contributed by atoms with van der Waals surface area (Å²) >= 11 is 18.1. The maximum absolute atomic E-state index is 6.03. The van der Waals surface area contributed by atoms with E-state index in [-0.39, 0.29) is 0 Å². The lowest BCUT2D eigenvalue weighted by Gasteiger charge is -2.23. The minimum Gasteiger partial charge on any atom is -0.126 e. The molecule has 12 heavy (non-hydrogen) atoms. The second-order valence-corrected chi connectivity index (χ2v) is 12.8. The van der Waals surface area contributed by atoms with Gasteiger partial charge in [0.2, 0.25) is 0 Å². The first-order chi connectivity index (χ1) is 5.50. The van der Waals surface area contributed by atoms with E-state index in [1.807, 2.05) is 0 Å². The van der Waals surface area contributed by atoms with Crippen molar-refractivity contribution in [1.29, 1.82) is 0 Å². The summed E-state index contributed by atoms with van der Waals surface area (Å²) in [5, 5.41) is 0. The van der Waals surface area contributed by atoms with Crippen molar-refractivity contribution < 1.29 is 0 Å². The molecule has 0 aromatic rings. The predicted molar refractivity (Wildman–Crippen MR) is 57.0 cm³/mol. The standard InChI is InChI=1S/C8H11Cl3Si/c1-5-6-2-3-7(5)8(4-6)12(9,10)11/h2-3,5-8H,4H2,1H3. The smallest absolute Gasteiger partial charge is 0.126 e. The van der Waals surface area contributed by atoms with Crippen LogP contribution in [-0.2, 0) is 0 Å². The van der Waals surface area contributed by atoms with Crippen LogP contribution in [0.15, 0.2) is 12.2 Å². The van der Waals surface area contributed by atoms with Gasteiger partial charge in [0.05, 0.1) is 0 Å². The van der Waals surface area contributed by atoms with E-state index in [0.717, 1.165) is 6.42 Å². The highest BCUT2D eigenvalue weighted by atomic mass is 35.8. The molecule has 68 valence electrons. The molecular weight excluding hydrogens is 231 g/mol. The first kappa shape index (κ1) is 9.38. The van der Waals surface area contributed by atoms with Crippen LogP contribution in [0.3, 0.4) is 0 Å². The third kappa shape index (κ3) is 1.35. The van der Waals surface area contributed by atoms with Crippen molar-refractivity contribution in [2.75, 3.05) is 0 Å². The zero-order chi connectivity index (χ0) is 8.93. The van der Waals surface area contributed by atoms with Crippen molar-refractivity contribution in [3.63, 3.8) is 0 Å². The normalized spacial score (nSPS) is 45.7. The van der Waals surface area contributed by atoms with Gasteiger partial charge in [-0.2, -0.15) is 0 Å². The third-order valence-corrected chi connectivity index (χ3v) is 7.26. The van der Waals surface area contributed by atoms with E-state index < -0.39 is 6.00 Å². The van der Waals surface area contributed by atoms with Crippen LogP contribution in [0.1, 0.15) is 13.3 Å². The van der Waals surface area contributed by atoms with E-state index in [4.69, 9.17) is 33.2 Å². The molecule has 4 heteroatoms. The molecule has 0 aromatic carbocycles. The van der Waals surface area contributed by atoms with Gasteiger partial charge in [-0.1, -0.05) is 19.1 Å². The van der Waals surface area contributed by atoms with Crippen molar-refractivity contribution in [2.45, 2.75) is 18.9 Å². The molecule has 2 aliphatic rings. The summed E-state index contributed by atoms with van der Waals surface area (Å²) in [5.41, 5.74) is 0.368. The van der Waals surface area contributed by atoms with Gasteiger partial charge in [0.15, 0.2) is 0 Å². The van der Waals surface area contributed by atoms with Gasteiger partial charge in [-0.25, -0.2) is 0 Å². The van der Waals surface area contributed by atoms with E-state index in [1.54, 1.807) is 0 Å². The summed E-state index contributed by atoms with van der Waals surface area (Å²) < 4.78 is 0. The first-order valence-corrected chi connectivity index (χ1v) is 9.36. The molecule has 2 bridgehead atoms. The topological polar surface area (TPSA) is 0 Å². The number of allylic oxidation sites excluding steroid dienone is 2. The van der Waals surface area contributed by atoms with Crippen LogP contribution in [0.2, 0.25) is 5.54 Å². The van der Waals surface area contributed by atoms with Gasteiger partial charge in [0.25, 0.3) is 0 Å². The maximum Gasteiger partial charge on any atom is 0.344 e. The van der Waals surface area contributed by atoms with Crippen LogP contribution in [0.4, 0.5) is 0 Å². The number of hydrogen-bond acceptors (Lipinski definition) is 0. The van der Waals surface area contributed by atoms with Crippen molar-refractivity contribution in [3.8, 4) is 0 Å². The van der Waals surface area contributed by atoms with Crippen LogP contribution in [-0.4, -0.2) is 6.00 Å². The highest BCUT2D eigenvalue weighted by Gasteiger charge is 2.51. The summed E-state index contributed by atoms with van der Waals surface area (Å²) in [4.78, 5) is 0. The lowest BCUT2D eigenvalue weighted by molar-refractivity contribution is 0.474. The molecule has 2 rings (SSSR count). The Morgan fingerprint density at radius 1 is 1.25 bits per heavy atom. The quantitative estimate of drug-likeness (QED) is 0.372.